The van der Waals surface area contributed by atoms with Gasteiger partial charge in [0.25, 0.3) is 0 Å². The molecule has 0 atom stereocenters. The van der Waals surface area contributed by atoms with Crippen LogP contribution in [-0.4, -0.2) is 24.8 Å². The first-order chi connectivity index (χ1) is 11.9. The minimum atomic E-state index is -0.00733. The Morgan fingerprint density at radius 1 is 1.20 bits per heavy atom. The number of rotatable bonds is 4. The van der Waals surface area contributed by atoms with Gasteiger partial charge in [0.2, 0.25) is 5.91 Å². The summed E-state index contributed by atoms with van der Waals surface area (Å²) in [6, 6.07) is 15.9. The highest BCUT2D eigenvalue weighted by Gasteiger charge is 2.14. The van der Waals surface area contributed by atoms with E-state index in [1.165, 1.54) is 5.46 Å². The van der Waals surface area contributed by atoms with Gasteiger partial charge in [-0.25, -0.2) is 4.98 Å². The van der Waals surface area contributed by atoms with Crippen LogP contribution in [0.5, 0.6) is 0 Å². The van der Waals surface area contributed by atoms with Crippen molar-refractivity contribution in [3.8, 4) is 11.3 Å². The molecule has 0 fully saturated rings. The van der Waals surface area contributed by atoms with Crippen molar-refractivity contribution in [2.45, 2.75) is 26.3 Å². The first-order valence-corrected chi connectivity index (χ1v) is 8.76. The van der Waals surface area contributed by atoms with E-state index in [0.717, 1.165) is 27.7 Å². The third-order valence-electron chi connectivity index (χ3n) is 3.95. The van der Waals surface area contributed by atoms with Gasteiger partial charge in [0.1, 0.15) is 7.85 Å². The van der Waals surface area contributed by atoms with Gasteiger partial charge in [0, 0.05) is 16.6 Å². The molecule has 0 aliphatic heterocycles. The molecule has 0 spiro atoms. The molecule has 1 heterocycles. The lowest BCUT2D eigenvalue weighted by molar-refractivity contribution is -0.120. The molecule has 3 rings (SSSR count). The van der Waals surface area contributed by atoms with Gasteiger partial charge in [0.05, 0.1) is 17.6 Å². The normalized spacial score (nSPS) is 11.0. The highest BCUT2D eigenvalue weighted by molar-refractivity contribution is 6.33. The number of benzene rings is 2. The van der Waals surface area contributed by atoms with Gasteiger partial charge in [-0.05, 0) is 49.1 Å². The van der Waals surface area contributed by atoms with Crippen LogP contribution in [0.3, 0.4) is 0 Å². The Kier molecular flexibility index (Phi) is 5.09. The molecule has 0 saturated carbocycles. The molecule has 0 bridgehead atoms. The summed E-state index contributed by atoms with van der Waals surface area (Å²) in [7, 11) is 2.05. The molecule has 0 aliphatic rings. The monoisotopic (exact) mass is 350 g/mol. The number of aromatic nitrogens is 1. The van der Waals surface area contributed by atoms with E-state index in [1.807, 2.05) is 50.2 Å². The number of halogens is 1. The van der Waals surface area contributed by atoms with Crippen molar-refractivity contribution in [1.29, 1.82) is 0 Å². The number of pyridine rings is 1. The zero-order valence-electron chi connectivity index (χ0n) is 14.6. The zero-order valence-corrected chi connectivity index (χ0v) is 15.4. The molecule has 1 amide bonds. The van der Waals surface area contributed by atoms with E-state index in [4.69, 9.17) is 16.6 Å². The molecule has 126 valence electrons. The molecule has 5 heteroatoms. The number of fused-ring (bicyclic) bond motifs is 1. The molecule has 0 radical (unpaired) electrons. The lowest BCUT2D eigenvalue weighted by Gasteiger charge is -2.13. The van der Waals surface area contributed by atoms with Crippen LogP contribution in [0.1, 0.15) is 19.4 Å². The zero-order chi connectivity index (χ0) is 18.0. The second-order valence-corrected chi connectivity index (χ2v) is 7.04. The Morgan fingerprint density at radius 3 is 2.72 bits per heavy atom. The van der Waals surface area contributed by atoms with E-state index in [-0.39, 0.29) is 18.4 Å². The van der Waals surface area contributed by atoms with Gasteiger partial charge >= 0.3 is 0 Å². The maximum absolute atomic E-state index is 12.3. The minimum absolute atomic E-state index is 0.00733. The lowest BCUT2D eigenvalue weighted by atomic mass is 9.93. The second kappa shape index (κ2) is 7.28. The largest absolute Gasteiger partial charge is 0.354 e. The Labute approximate surface area is 153 Å². The molecule has 1 aromatic heterocycles. The second-order valence-electron chi connectivity index (χ2n) is 6.60. The predicted molar refractivity (Wildman–Crippen MR) is 107 cm³/mol. The quantitative estimate of drug-likeness (QED) is 0.735. The van der Waals surface area contributed by atoms with Crippen LogP contribution >= 0.6 is 11.6 Å². The van der Waals surface area contributed by atoms with Crippen LogP contribution in [0.25, 0.3) is 22.2 Å². The molecule has 3 nitrogen and oxygen atoms in total. The van der Waals surface area contributed by atoms with Crippen LogP contribution in [0.15, 0.2) is 48.5 Å². The maximum Gasteiger partial charge on any atom is 0.224 e. The number of amides is 1. The number of nitrogens with zero attached hydrogens (tertiary/aromatic N) is 1. The van der Waals surface area contributed by atoms with Crippen molar-refractivity contribution in [2.24, 2.45) is 0 Å². The van der Waals surface area contributed by atoms with E-state index in [0.29, 0.717) is 5.02 Å². The summed E-state index contributed by atoms with van der Waals surface area (Å²) in [5.41, 5.74) is 4.70. The number of nitrogens with one attached hydrogen (secondary N) is 1. The molecule has 25 heavy (non-hydrogen) atoms. The topological polar surface area (TPSA) is 42.0 Å². The third-order valence-corrected chi connectivity index (χ3v) is 4.18. The molecule has 0 unspecified atom stereocenters. The number of hydrogen-bond donors (Lipinski definition) is 1. The van der Waals surface area contributed by atoms with E-state index in [9.17, 15) is 4.79 Å². The van der Waals surface area contributed by atoms with Crippen molar-refractivity contribution >= 4 is 41.7 Å². The van der Waals surface area contributed by atoms with Crippen molar-refractivity contribution in [3.63, 3.8) is 0 Å². The number of hydrogen-bond acceptors (Lipinski definition) is 2. The first-order valence-electron chi connectivity index (χ1n) is 8.38. The van der Waals surface area contributed by atoms with Crippen molar-refractivity contribution in [3.05, 3.63) is 59.1 Å². The molecule has 1 N–H and O–H groups in total. The summed E-state index contributed by atoms with van der Waals surface area (Å²) in [5.74, 6) is -0.00733. The standard InChI is InChI=1S/C20H20BClN2O/c1-12(2)23-19(25)11-15-8-14-9-16(21)6-7-18(14)24-20(15)13-4-3-5-17(22)10-13/h3-10,12H,11,21H2,1-2H3,(H,23,25). The molecule has 2 aromatic carbocycles. The smallest absolute Gasteiger partial charge is 0.224 e. The highest BCUT2D eigenvalue weighted by atomic mass is 35.5. The molecular formula is C20H20BClN2O. The van der Waals surface area contributed by atoms with Gasteiger partial charge < -0.3 is 5.32 Å². The van der Waals surface area contributed by atoms with Crippen molar-refractivity contribution in [2.75, 3.05) is 0 Å². The van der Waals surface area contributed by atoms with E-state index < -0.39 is 0 Å². The van der Waals surface area contributed by atoms with Crippen LogP contribution in [-0.2, 0) is 11.2 Å². The fourth-order valence-electron chi connectivity index (χ4n) is 2.91. The van der Waals surface area contributed by atoms with Crippen LogP contribution in [0, 0.1) is 0 Å². The summed E-state index contributed by atoms with van der Waals surface area (Å²) < 4.78 is 0. The van der Waals surface area contributed by atoms with Crippen molar-refractivity contribution in [1.82, 2.24) is 10.3 Å². The summed E-state index contributed by atoms with van der Waals surface area (Å²) in [5, 5.41) is 4.64. The molecule has 3 aromatic rings. The molecule has 0 aliphatic carbocycles. The summed E-state index contributed by atoms with van der Waals surface area (Å²) in [4.78, 5) is 17.1. The minimum Gasteiger partial charge on any atom is -0.354 e. The maximum atomic E-state index is 12.3. The van der Waals surface area contributed by atoms with E-state index in [1.54, 1.807) is 0 Å². The molecular weight excluding hydrogens is 330 g/mol. The summed E-state index contributed by atoms with van der Waals surface area (Å²) >= 11 is 6.15. The van der Waals surface area contributed by atoms with Gasteiger partial charge in [-0.1, -0.05) is 41.3 Å². The van der Waals surface area contributed by atoms with E-state index >= 15 is 0 Å². The van der Waals surface area contributed by atoms with Gasteiger partial charge in [-0.3, -0.25) is 4.79 Å². The van der Waals surface area contributed by atoms with Crippen LogP contribution in [0.4, 0.5) is 0 Å². The first kappa shape index (κ1) is 17.5. The van der Waals surface area contributed by atoms with E-state index in [2.05, 4.69) is 25.3 Å². The lowest BCUT2D eigenvalue weighted by Crippen LogP contribution is -2.31. The Balaban J connectivity index is 2.13. The number of carbonyl (C=O) groups is 1. The average Bonchev–Trinajstić information content (AvgIpc) is 2.53. The predicted octanol–water partition coefficient (Wildman–Crippen LogP) is 2.88. The van der Waals surface area contributed by atoms with Crippen LogP contribution in [0.2, 0.25) is 5.02 Å². The highest BCUT2D eigenvalue weighted by Crippen LogP contribution is 2.27. The van der Waals surface area contributed by atoms with Crippen molar-refractivity contribution < 1.29 is 4.79 Å². The Hall–Kier alpha value is -2.33. The number of carbonyl (C=O) groups excluding carboxylic acids is 1. The third kappa shape index (κ3) is 4.20. The summed E-state index contributed by atoms with van der Waals surface area (Å²) in [6.45, 7) is 3.91. The summed E-state index contributed by atoms with van der Waals surface area (Å²) in [6.07, 6.45) is 0.289. The Bertz CT molecular complexity index is 940. The van der Waals surface area contributed by atoms with Gasteiger partial charge in [-0.15, -0.1) is 0 Å². The fraction of sp³-hybridized carbons (Fsp3) is 0.200. The molecule has 0 saturated heterocycles. The fourth-order valence-corrected chi connectivity index (χ4v) is 3.10. The van der Waals surface area contributed by atoms with Gasteiger partial charge in [0.15, 0.2) is 0 Å². The Morgan fingerprint density at radius 2 is 2.00 bits per heavy atom. The average molecular weight is 351 g/mol. The van der Waals surface area contributed by atoms with Gasteiger partial charge in [-0.2, -0.15) is 0 Å². The SMILES string of the molecule is Bc1ccc2nc(-c3cccc(Cl)c3)c(CC(=O)NC(C)C)cc2c1. The van der Waals surface area contributed by atoms with Crippen LogP contribution < -0.4 is 10.8 Å².